The molecule has 0 bridgehead atoms. The van der Waals surface area contributed by atoms with E-state index in [-0.39, 0.29) is 5.82 Å². The average Bonchev–Trinajstić information content (AvgIpc) is 3.40. The maximum atomic E-state index is 13.0. The molecule has 1 fully saturated rings. The smallest absolute Gasteiger partial charge is 0.323 e. The molecule has 8 heteroatoms. The molecule has 2 aromatic carbocycles. The number of rotatable bonds is 6. The van der Waals surface area contributed by atoms with Gasteiger partial charge >= 0.3 is 6.03 Å². The third-order valence-electron chi connectivity index (χ3n) is 5.04. The SMILES string of the molecule is Cn1nccc1-c1cc(NC(=O)Nc2ccc(F)cc2)ccc1OCC1CCCN1. The number of ether oxygens (including phenoxy) is 1. The lowest BCUT2D eigenvalue weighted by Gasteiger charge is -2.17. The Balaban J connectivity index is 1.51. The highest BCUT2D eigenvalue weighted by atomic mass is 19.1. The second kappa shape index (κ2) is 8.96. The van der Waals surface area contributed by atoms with Crippen LogP contribution in [0.25, 0.3) is 11.3 Å². The lowest BCUT2D eigenvalue weighted by Crippen LogP contribution is -2.28. The lowest BCUT2D eigenvalue weighted by molar-refractivity contribution is 0.262. The van der Waals surface area contributed by atoms with Crippen LogP contribution in [0, 0.1) is 5.82 Å². The van der Waals surface area contributed by atoms with Crippen molar-refractivity contribution in [2.24, 2.45) is 7.05 Å². The van der Waals surface area contributed by atoms with Gasteiger partial charge in [0.15, 0.2) is 0 Å². The normalized spacial score (nSPS) is 15.7. The minimum atomic E-state index is -0.415. The molecule has 1 atom stereocenters. The van der Waals surface area contributed by atoms with E-state index in [1.54, 1.807) is 16.9 Å². The highest BCUT2D eigenvalue weighted by molar-refractivity contribution is 6.00. The van der Waals surface area contributed by atoms with Crippen LogP contribution in [0.4, 0.5) is 20.6 Å². The van der Waals surface area contributed by atoms with Crippen LogP contribution in [0.3, 0.4) is 0 Å². The molecule has 7 nitrogen and oxygen atoms in total. The summed E-state index contributed by atoms with van der Waals surface area (Å²) in [6.45, 7) is 1.61. The maximum Gasteiger partial charge on any atom is 0.323 e. The van der Waals surface area contributed by atoms with Crippen molar-refractivity contribution in [3.63, 3.8) is 0 Å². The first-order chi connectivity index (χ1) is 14.6. The quantitative estimate of drug-likeness (QED) is 0.575. The third-order valence-corrected chi connectivity index (χ3v) is 5.04. The molecular formula is C22H24FN5O2. The van der Waals surface area contributed by atoms with Crippen LogP contribution in [-0.4, -0.2) is 35.0 Å². The van der Waals surface area contributed by atoms with Gasteiger partial charge in [0.05, 0.1) is 5.69 Å². The van der Waals surface area contributed by atoms with Gasteiger partial charge in [-0.2, -0.15) is 5.10 Å². The summed E-state index contributed by atoms with van der Waals surface area (Å²) in [7, 11) is 1.86. The van der Waals surface area contributed by atoms with Crippen molar-refractivity contribution in [1.29, 1.82) is 0 Å². The lowest BCUT2D eigenvalue weighted by atomic mass is 10.1. The van der Waals surface area contributed by atoms with Gasteiger partial charge in [-0.1, -0.05) is 0 Å². The monoisotopic (exact) mass is 409 g/mol. The minimum absolute atomic E-state index is 0.351. The van der Waals surface area contributed by atoms with Gasteiger partial charge in [0, 0.05) is 36.2 Å². The molecule has 2 heterocycles. The molecule has 1 aliphatic rings. The van der Waals surface area contributed by atoms with E-state index in [0.717, 1.165) is 36.4 Å². The van der Waals surface area contributed by atoms with Crippen molar-refractivity contribution in [3.8, 4) is 17.0 Å². The molecule has 2 amide bonds. The summed E-state index contributed by atoms with van der Waals surface area (Å²) in [4.78, 5) is 12.3. The summed E-state index contributed by atoms with van der Waals surface area (Å²) in [6, 6.07) is 12.9. The van der Waals surface area contributed by atoms with Gasteiger partial charge in [-0.15, -0.1) is 0 Å². The van der Waals surface area contributed by atoms with Crippen molar-refractivity contribution < 1.29 is 13.9 Å². The molecule has 156 valence electrons. The average molecular weight is 409 g/mol. The summed E-state index contributed by atoms with van der Waals surface area (Å²) in [5.41, 5.74) is 2.83. The number of hydrogen-bond acceptors (Lipinski definition) is 4. The Morgan fingerprint density at radius 2 is 1.97 bits per heavy atom. The van der Waals surface area contributed by atoms with Crippen molar-refractivity contribution in [1.82, 2.24) is 15.1 Å². The second-order valence-corrected chi connectivity index (χ2v) is 7.24. The van der Waals surface area contributed by atoms with Crippen molar-refractivity contribution in [2.75, 3.05) is 23.8 Å². The van der Waals surface area contributed by atoms with Gasteiger partial charge < -0.3 is 20.7 Å². The Kier molecular flexibility index (Phi) is 5.94. The van der Waals surface area contributed by atoms with Gasteiger partial charge in [-0.3, -0.25) is 4.68 Å². The molecule has 1 aliphatic heterocycles. The standard InChI is InChI=1S/C22H24FN5O2/c1-28-20(10-12-25-28)19-13-17(8-9-21(19)30-14-18-3-2-11-24-18)27-22(29)26-16-6-4-15(23)5-7-16/h4-10,12-13,18,24H,2-3,11,14H2,1H3,(H2,26,27,29). The minimum Gasteiger partial charge on any atom is -0.491 e. The zero-order valence-corrected chi connectivity index (χ0v) is 16.7. The molecule has 4 rings (SSSR count). The Bertz CT molecular complexity index is 1010. The molecule has 0 radical (unpaired) electrons. The molecule has 1 aromatic heterocycles. The first kappa shape index (κ1) is 19.9. The highest BCUT2D eigenvalue weighted by Gasteiger charge is 2.17. The second-order valence-electron chi connectivity index (χ2n) is 7.24. The topological polar surface area (TPSA) is 80.2 Å². The fourth-order valence-electron chi connectivity index (χ4n) is 3.49. The number of amides is 2. The van der Waals surface area contributed by atoms with Crippen LogP contribution in [-0.2, 0) is 7.05 Å². The van der Waals surface area contributed by atoms with Gasteiger partial charge in [-0.05, 0) is 67.9 Å². The number of carbonyl (C=O) groups excluding carboxylic acids is 1. The van der Waals surface area contributed by atoms with E-state index in [1.807, 2.05) is 25.2 Å². The largest absolute Gasteiger partial charge is 0.491 e. The number of urea groups is 1. The number of aryl methyl sites for hydroxylation is 1. The summed E-state index contributed by atoms with van der Waals surface area (Å²) >= 11 is 0. The molecule has 0 aliphatic carbocycles. The van der Waals surface area contributed by atoms with Gasteiger partial charge in [0.1, 0.15) is 18.2 Å². The molecule has 1 saturated heterocycles. The molecule has 1 unspecified atom stereocenters. The number of hydrogen-bond donors (Lipinski definition) is 3. The van der Waals surface area contributed by atoms with Gasteiger partial charge in [0.25, 0.3) is 0 Å². The molecule has 3 N–H and O–H groups in total. The number of benzene rings is 2. The number of anilines is 2. The number of nitrogens with zero attached hydrogens (tertiary/aromatic N) is 2. The van der Waals surface area contributed by atoms with Crippen LogP contribution in [0.2, 0.25) is 0 Å². The Hall–Kier alpha value is -3.39. The van der Waals surface area contributed by atoms with Crippen LogP contribution in [0.1, 0.15) is 12.8 Å². The first-order valence-electron chi connectivity index (χ1n) is 9.91. The molecule has 0 spiro atoms. The van der Waals surface area contributed by atoms with Crippen molar-refractivity contribution in [2.45, 2.75) is 18.9 Å². The van der Waals surface area contributed by atoms with Gasteiger partial charge in [0.2, 0.25) is 0 Å². The van der Waals surface area contributed by atoms with E-state index >= 15 is 0 Å². The number of nitrogens with one attached hydrogen (secondary N) is 3. The third kappa shape index (κ3) is 4.77. The highest BCUT2D eigenvalue weighted by Crippen LogP contribution is 2.33. The van der Waals surface area contributed by atoms with E-state index in [9.17, 15) is 9.18 Å². The van der Waals surface area contributed by atoms with E-state index < -0.39 is 6.03 Å². The molecule has 0 saturated carbocycles. The van der Waals surface area contributed by atoms with Gasteiger partial charge in [-0.25, -0.2) is 9.18 Å². The van der Waals surface area contributed by atoms with E-state index in [0.29, 0.717) is 24.0 Å². The first-order valence-corrected chi connectivity index (χ1v) is 9.91. The van der Waals surface area contributed by atoms with E-state index in [1.165, 1.54) is 24.3 Å². The predicted octanol–water partition coefficient (Wildman–Crippen LogP) is 4.00. The zero-order valence-electron chi connectivity index (χ0n) is 16.7. The maximum absolute atomic E-state index is 13.0. The fourth-order valence-corrected chi connectivity index (χ4v) is 3.49. The van der Waals surface area contributed by atoms with Crippen LogP contribution >= 0.6 is 0 Å². The fraction of sp³-hybridized carbons (Fsp3) is 0.273. The predicted molar refractivity (Wildman–Crippen MR) is 114 cm³/mol. The molecular weight excluding hydrogens is 385 g/mol. The molecule has 3 aromatic rings. The Morgan fingerprint density at radius 1 is 1.20 bits per heavy atom. The molecule has 30 heavy (non-hydrogen) atoms. The van der Waals surface area contributed by atoms with E-state index in [2.05, 4.69) is 21.0 Å². The van der Waals surface area contributed by atoms with Crippen molar-refractivity contribution in [3.05, 3.63) is 60.5 Å². The Morgan fingerprint density at radius 3 is 2.67 bits per heavy atom. The van der Waals surface area contributed by atoms with Crippen LogP contribution in [0.15, 0.2) is 54.7 Å². The summed E-state index contributed by atoms with van der Waals surface area (Å²) < 4.78 is 20.9. The van der Waals surface area contributed by atoms with Crippen LogP contribution in [0.5, 0.6) is 5.75 Å². The number of carbonyl (C=O) groups is 1. The number of aromatic nitrogens is 2. The summed E-state index contributed by atoms with van der Waals surface area (Å²) in [5, 5.41) is 13.2. The summed E-state index contributed by atoms with van der Waals surface area (Å²) in [5.74, 6) is 0.377. The summed E-state index contributed by atoms with van der Waals surface area (Å²) in [6.07, 6.45) is 3.98. The zero-order chi connectivity index (χ0) is 20.9. The Labute approximate surface area is 174 Å². The van der Waals surface area contributed by atoms with Crippen molar-refractivity contribution >= 4 is 17.4 Å². The van der Waals surface area contributed by atoms with E-state index in [4.69, 9.17) is 4.74 Å². The number of halogens is 1. The van der Waals surface area contributed by atoms with Crippen LogP contribution < -0.4 is 20.7 Å².